The summed E-state index contributed by atoms with van der Waals surface area (Å²) in [5.74, 6) is -0.948. The maximum Gasteiger partial charge on any atom is 0.213 e. The van der Waals surface area contributed by atoms with Gasteiger partial charge in [0.15, 0.2) is 15.6 Å². The van der Waals surface area contributed by atoms with Gasteiger partial charge < -0.3 is 4.42 Å². The van der Waals surface area contributed by atoms with Crippen LogP contribution in [0, 0.1) is 0 Å². The Morgan fingerprint density at radius 3 is 2.42 bits per heavy atom. The van der Waals surface area contributed by atoms with E-state index in [1.807, 2.05) is 12.1 Å². The second-order valence-electron chi connectivity index (χ2n) is 5.44. The number of carbonyl (C=O) groups excluding carboxylic acids is 1. The van der Waals surface area contributed by atoms with Crippen LogP contribution >= 0.6 is 0 Å². The van der Waals surface area contributed by atoms with Crippen molar-refractivity contribution < 1.29 is 17.6 Å². The van der Waals surface area contributed by atoms with Gasteiger partial charge in [0, 0.05) is 5.39 Å². The SMILES string of the molecule is CC(C)(C)S(=O)(=O)CC(=O)c1cc2ccccc2o1. The number of ketones is 1. The number of sulfone groups is 1. The van der Waals surface area contributed by atoms with Crippen molar-refractivity contribution in [2.75, 3.05) is 5.75 Å². The Morgan fingerprint density at radius 2 is 1.84 bits per heavy atom. The Hall–Kier alpha value is -1.62. The van der Waals surface area contributed by atoms with Gasteiger partial charge in [0.25, 0.3) is 0 Å². The van der Waals surface area contributed by atoms with Gasteiger partial charge >= 0.3 is 0 Å². The third kappa shape index (κ3) is 2.71. The Bertz CT molecular complexity index is 684. The predicted molar refractivity (Wildman–Crippen MR) is 74.1 cm³/mol. The van der Waals surface area contributed by atoms with Crippen LogP contribution in [0.4, 0.5) is 0 Å². The van der Waals surface area contributed by atoms with Gasteiger partial charge in [-0.15, -0.1) is 0 Å². The molecule has 2 rings (SSSR count). The molecule has 0 aliphatic rings. The van der Waals surface area contributed by atoms with E-state index in [-0.39, 0.29) is 5.76 Å². The van der Waals surface area contributed by atoms with Gasteiger partial charge in [-0.05, 0) is 32.9 Å². The van der Waals surface area contributed by atoms with Crippen LogP contribution in [0.15, 0.2) is 34.7 Å². The third-order valence-corrected chi connectivity index (χ3v) is 5.46. The molecule has 1 heterocycles. The first-order valence-corrected chi connectivity index (χ1v) is 7.60. The van der Waals surface area contributed by atoms with Crippen LogP contribution in [0.5, 0.6) is 0 Å². The zero-order valence-electron chi connectivity index (χ0n) is 11.1. The van der Waals surface area contributed by atoms with Gasteiger partial charge in [-0.2, -0.15) is 0 Å². The monoisotopic (exact) mass is 280 g/mol. The summed E-state index contributed by atoms with van der Waals surface area (Å²) in [5.41, 5.74) is 0.582. The largest absolute Gasteiger partial charge is 0.453 e. The number of carbonyl (C=O) groups is 1. The second-order valence-corrected chi connectivity index (χ2v) is 8.19. The van der Waals surface area contributed by atoms with Crippen molar-refractivity contribution in [2.45, 2.75) is 25.5 Å². The molecule has 1 aromatic heterocycles. The summed E-state index contributed by atoms with van der Waals surface area (Å²) in [5, 5.41) is 0.791. The van der Waals surface area contributed by atoms with Gasteiger partial charge in [0.1, 0.15) is 11.3 Å². The highest BCUT2D eigenvalue weighted by atomic mass is 32.2. The molecule has 0 unspecified atom stereocenters. The second kappa shape index (κ2) is 4.49. The summed E-state index contributed by atoms with van der Waals surface area (Å²) in [6.45, 7) is 4.73. The lowest BCUT2D eigenvalue weighted by Gasteiger charge is -2.17. The standard InChI is InChI=1S/C14H16O4S/c1-14(2,3)19(16,17)9-11(15)13-8-10-6-4-5-7-12(10)18-13/h4-8H,9H2,1-3H3. The zero-order valence-corrected chi connectivity index (χ0v) is 12.0. The number of hydrogen-bond acceptors (Lipinski definition) is 4. The summed E-state index contributed by atoms with van der Waals surface area (Å²) in [6, 6.07) is 8.76. The van der Waals surface area contributed by atoms with Gasteiger partial charge in [-0.25, -0.2) is 8.42 Å². The van der Waals surface area contributed by atoms with E-state index in [1.54, 1.807) is 39.0 Å². The molecule has 19 heavy (non-hydrogen) atoms. The van der Waals surface area contributed by atoms with E-state index in [9.17, 15) is 13.2 Å². The van der Waals surface area contributed by atoms with Crippen molar-refractivity contribution >= 4 is 26.6 Å². The lowest BCUT2D eigenvalue weighted by Crippen LogP contribution is -2.33. The van der Waals surface area contributed by atoms with E-state index in [0.29, 0.717) is 5.58 Å². The molecule has 0 saturated heterocycles. The fourth-order valence-electron chi connectivity index (χ4n) is 1.58. The molecular formula is C14H16O4S. The first-order valence-electron chi connectivity index (χ1n) is 5.95. The third-order valence-electron chi connectivity index (χ3n) is 2.95. The average Bonchev–Trinajstić information content (AvgIpc) is 2.70. The van der Waals surface area contributed by atoms with E-state index in [0.717, 1.165) is 5.39 Å². The summed E-state index contributed by atoms with van der Waals surface area (Å²) in [6.07, 6.45) is 0. The minimum atomic E-state index is -3.49. The first-order chi connectivity index (χ1) is 8.71. The van der Waals surface area contributed by atoms with Crippen molar-refractivity contribution in [3.05, 3.63) is 36.1 Å². The molecule has 0 bridgehead atoms. The van der Waals surface area contributed by atoms with Crippen LogP contribution in [0.1, 0.15) is 31.3 Å². The van der Waals surface area contributed by atoms with E-state index < -0.39 is 26.1 Å². The summed E-state index contributed by atoms with van der Waals surface area (Å²) in [7, 11) is -3.49. The molecule has 0 amide bonds. The minimum absolute atomic E-state index is 0.0917. The number of hydrogen-bond donors (Lipinski definition) is 0. The van der Waals surface area contributed by atoms with Crippen molar-refractivity contribution in [3.63, 3.8) is 0 Å². The molecule has 0 spiro atoms. The predicted octanol–water partition coefficient (Wildman–Crippen LogP) is 2.83. The molecule has 2 aromatic rings. The molecular weight excluding hydrogens is 264 g/mol. The summed E-state index contributed by atoms with van der Waals surface area (Å²) in [4.78, 5) is 12.0. The lowest BCUT2D eigenvalue weighted by molar-refractivity contribution is 0.0992. The highest BCUT2D eigenvalue weighted by Crippen LogP contribution is 2.22. The Balaban J connectivity index is 2.31. The van der Waals surface area contributed by atoms with Crippen LogP contribution < -0.4 is 0 Å². The maximum atomic E-state index is 12.0. The molecule has 0 aliphatic heterocycles. The van der Waals surface area contributed by atoms with E-state index in [2.05, 4.69) is 0 Å². The smallest absolute Gasteiger partial charge is 0.213 e. The number of Topliss-reactive ketones (excluding diaryl/α,β-unsaturated/α-hetero) is 1. The summed E-state index contributed by atoms with van der Waals surface area (Å²) < 4.78 is 28.4. The highest BCUT2D eigenvalue weighted by Gasteiger charge is 2.32. The number of furan rings is 1. The Morgan fingerprint density at radius 1 is 1.21 bits per heavy atom. The molecule has 0 radical (unpaired) electrons. The molecule has 0 saturated carbocycles. The Kier molecular flexibility index (Phi) is 3.26. The molecule has 0 aliphatic carbocycles. The summed E-state index contributed by atoms with van der Waals surface area (Å²) >= 11 is 0. The normalized spacial score (nSPS) is 12.8. The number of rotatable bonds is 3. The topological polar surface area (TPSA) is 64.3 Å². The van der Waals surface area contributed by atoms with E-state index in [4.69, 9.17) is 4.42 Å². The van der Waals surface area contributed by atoms with Crippen molar-refractivity contribution in [1.29, 1.82) is 0 Å². The van der Waals surface area contributed by atoms with Crippen molar-refractivity contribution in [1.82, 2.24) is 0 Å². The quantitative estimate of drug-likeness (QED) is 0.811. The van der Waals surface area contributed by atoms with Gasteiger partial charge in [0.05, 0.1) is 4.75 Å². The lowest BCUT2D eigenvalue weighted by atomic mass is 10.2. The fraction of sp³-hybridized carbons (Fsp3) is 0.357. The van der Waals surface area contributed by atoms with Crippen LogP contribution in [-0.2, 0) is 9.84 Å². The molecule has 0 atom stereocenters. The van der Waals surface area contributed by atoms with Gasteiger partial charge in [-0.1, -0.05) is 18.2 Å². The maximum absolute atomic E-state index is 12.0. The van der Waals surface area contributed by atoms with Crippen LogP contribution in [-0.4, -0.2) is 24.7 Å². The fourth-order valence-corrected chi connectivity index (χ4v) is 2.50. The molecule has 4 nitrogen and oxygen atoms in total. The first kappa shape index (κ1) is 13.8. The molecule has 5 heteroatoms. The van der Waals surface area contributed by atoms with Crippen LogP contribution in [0.25, 0.3) is 11.0 Å². The van der Waals surface area contributed by atoms with E-state index >= 15 is 0 Å². The molecule has 1 aromatic carbocycles. The molecule has 0 N–H and O–H groups in total. The number of fused-ring (bicyclic) bond motifs is 1. The molecule has 102 valence electrons. The van der Waals surface area contributed by atoms with Gasteiger partial charge in [0.2, 0.25) is 5.78 Å². The minimum Gasteiger partial charge on any atom is -0.453 e. The van der Waals surface area contributed by atoms with Gasteiger partial charge in [-0.3, -0.25) is 4.79 Å². The van der Waals surface area contributed by atoms with Crippen molar-refractivity contribution in [3.8, 4) is 0 Å². The number of para-hydroxylation sites is 1. The zero-order chi connectivity index (χ0) is 14.3. The van der Waals surface area contributed by atoms with Crippen molar-refractivity contribution in [2.24, 2.45) is 0 Å². The van der Waals surface area contributed by atoms with Crippen LogP contribution in [0.3, 0.4) is 0 Å². The van der Waals surface area contributed by atoms with Crippen LogP contribution in [0.2, 0.25) is 0 Å². The van der Waals surface area contributed by atoms with E-state index in [1.165, 1.54) is 0 Å². The Labute approximate surface area is 112 Å². The average molecular weight is 280 g/mol. The molecule has 0 fully saturated rings. The highest BCUT2D eigenvalue weighted by molar-refractivity contribution is 7.93. The number of benzene rings is 1.